The first kappa shape index (κ1) is 23.1. The van der Waals surface area contributed by atoms with E-state index in [1.807, 2.05) is 32.0 Å². The Labute approximate surface area is 194 Å². The molecule has 0 fully saturated rings. The van der Waals surface area contributed by atoms with E-state index in [2.05, 4.69) is 59.2 Å². The van der Waals surface area contributed by atoms with Crippen molar-refractivity contribution < 1.29 is 14.3 Å². The van der Waals surface area contributed by atoms with Crippen LogP contribution in [0.4, 0.5) is 0 Å². The van der Waals surface area contributed by atoms with Gasteiger partial charge in [-0.15, -0.1) is 5.48 Å². The number of fused-ring (bicyclic) bond motifs is 1. The fourth-order valence-corrected chi connectivity index (χ4v) is 3.78. The van der Waals surface area contributed by atoms with Gasteiger partial charge in [0, 0.05) is 42.3 Å². The van der Waals surface area contributed by atoms with E-state index >= 15 is 0 Å². The maximum Gasteiger partial charge on any atom is 0.242 e. The molecule has 4 rings (SSSR count). The second kappa shape index (κ2) is 10.7. The number of hydroxylamine groups is 1. The average Bonchev–Trinajstić information content (AvgIpc) is 3.45. The van der Waals surface area contributed by atoms with Crippen LogP contribution in [-0.2, 0) is 11.4 Å². The summed E-state index contributed by atoms with van der Waals surface area (Å²) in [5.74, 6) is 1.94. The molecule has 1 aliphatic heterocycles. The van der Waals surface area contributed by atoms with Gasteiger partial charge in [0.2, 0.25) is 5.90 Å². The molecule has 1 aliphatic rings. The van der Waals surface area contributed by atoms with E-state index in [0.29, 0.717) is 24.9 Å². The normalized spacial score (nSPS) is 15.7. The number of rotatable bonds is 11. The number of nitrogens with zero attached hydrogens (tertiary/aromatic N) is 2. The van der Waals surface area contributed by atoms with E-state index in [0.717, 1.165) is 42.0 Å². The zero-order valence-corrected chi connectivity index (χ0v) is 19.8. The molecule has 1 unspecified atom stereocenters. The molecule has 0 spiro atoms. The SMILES string of the molecule is CCOc1ccc(C2=NC(c3ccc4[nH]cc(CNCCN(C)C)c4c3)NO2)cc1OCC. The number of aromatic amines is 1. The molecule has 33 heavy (non-hydrogen) atoms. The van der Waals surface area contributed by atoms with E-state index in [4.69, 9.17) is 19.3 Å². The largest absolute Gasteiger partial charge is 0.490 e. The van der Waals surface area contributed by atoms with E-state index in [-0.39, 0.29) is 6.17 Å². The minimum absolute atomic E-state index is 0.282. The molecular weight excluding hydrogens is 418 g/mol. The van der Waals surface area contributed by atoms with Crippen LogP contribution in [0.25, 0.3) is 10.9 Å². The van der Waals surface area contributed by atoms with Crippen molar-refractivity contribution in [1.29, 1.82) is 0 Å². The molecule has 3 aromatic rings. The number of ether oxygens (including phenoxy) is 2. The Morgan fingerprint density at radius 3 is 2.67 bits per heavy atom. The van der Waals surface area contributed by atoms with Crippen molar-refractivity contribution in [1.82, 2.24) is 20.7 Å². The van der Waals surface area contributed by atoms with Gasteiger partial charge in [0.15, 0.2) is 17.7 Å². The number of likely N-dealkylation sites (N-methyl/N-ethyl adjacent to an activating group) is 1. The Morgan fingerprint density at radius 2 is 1.88 bits per heavy atom. The summed E-state index contributed by atoms with van der Waals surface area (Å²) in [7, 11) is 4.16. The van der Waals surface area contributed by atoms with Crippen LogP contribution in [0.3, 0.4) is 0 Å². The van der Waals surface area contributed by atoms with E-state index in [9.17, 15) is 0 Å². The van der Waals surface area contributed by atoms with E-state index in [1.165, 1.54) is 10.9 Å². The number of H-pyrrole nitrogens is 1. The number of benzene rings is 2. The fourth-order valence-electron chi connectivity index (χ4n) is 3.78. The molecule has 8 nitrogen and oxygen atoms in total. The number of aliphatic imine (C=N–C) groups is 1. The first-order valence-electron chi connectivity index (χ1n) is 11.4. The van der Waals surface area contributed by atoms with Gasteiger partial charge in [0.05, 0.1) is 13.2 Å². The highest BCUT2D eigenvalue weighted by atomic mass is 16.7. The summed E-state index contributed by atoms with van der Waals surface area (Å²) in [5.41, 5.74) is 7.28. The summed E-state index contributed by atoms with van der Waals surface area (Å²) in [5, 5.41) is 4.70. The first-order valence-corrected chi connectivity index (χ1v) is 11.4. The lowest BCUT2D eigenvalue weighted by atomic mass is 10.1. The minimum Gasteiger partial charge on any atom is -0.490 e. The van der Waals surface area contributed by atoms with Gasteiger partial charge in [0.25, 0.3) is 0 Å². The molecule has 1 atom stereocenters. The molecule has 8 heteroatoms. The van der Waals surface area contributed by atoms with Crippen molar-refractivity contribution in [2.75, 3.05) is 40.4 Å². The number of aromatic nitrogens is 1. The van der Waals surface area contributed by atoms with Crippen molar-refractivity contribution in [3.05, 3.63) is 59.3 Å². The van der Waals surface area contributed by atoms with E-state index < -0.39 is 0 Å². The molecule has 0 saturated carbocycles. The summed E-state index contributed by atoms with van der Waals surface area (Å²) < 4.78 is 11.4. The lowest BCUT2D eigenvalue weighted by molar-refractivity contribution is 0.180. The van der Waals surface area contributed by atoms with Crippen LogP contribution in [0, 0.1) is 0 Å². The third-order valence-corrected chi connectivity index (χ3v) is 5.46. The van der Waals surface area contributed by atoms with Crippen LogP contribution in [0.15, 0.2) is 47.6 Å². The van der Waals surface area contributed by atoms with Gasteiger partial charge in [-0.1, -0.05) is 6.07 Å². The molecular formula is C25H33N5O3. The smallest absolute Gasteiger partial charge is 0.242 e. The van der Waals surface area contributed by atoms with Gasteiger partial charge < -0.3 is 29.5 Å². The highest BCUT2D eigenvalue weighted by Crippen LogP contribution is 2.31. The molecule has 2 heterocycles. The van der Waals surface area contributed by atoms with Crippen molar-refractivity contribution >= 4 is 16.8 Å². The van der Waals surface area contributed by atoms with Crippen LogP contribution in [0.1, 0.15) is 36.7 Å². The standard InChI is InChI=1S/C25H33N5O3/c1-5-31-22-10-8-18(14-23(22)32-6-2)25-28-24(29-33-25)17-7-9-21-20(13-17)19(16-27-21)15-26-11-12-30(3)4/h7-10,13-14,16,24,26-27,29H,5-6,11-12,15H2,1-4H3. The summed E-state index contributed by atoms with van der Waals surface area (Å²) in [6.45, 7) is 7.80. The number of hydrogen-bond acceptors (Lipinski definition) is 7. The molecule has 2 aromatic carbocycles. The molecule has 176 valence electrons. The molecule has 1 aromatic heterocycles. The molecule has 0 amide bonds. The Bertz CT molecular complexity index is 1110. The molecule has 0 bridgehead atoms. The predicted molar refractivity (Wildman–Crippen MR) is 131 cm³/mol. The van der Waals surface area contributed by atoms with Crippen molar-refractivity contribution in [2.24, 2.45) is 4.99 Å². The highest BCUT2D eigenvalue weighted by molar-refractivity contribution is 5.95. The van der Waals surface area contributed by atoms with Crippen LogP contribution in [-0.4, -0.2) is 56.2 Å². The van der Waals surface area contributed by atoms with Crippen LogP contribution in [0.2, 0.25) is 0 Å². The van der Waals surface area contributed by atoms with E-state index in [1.54, 1.807) is 0 Å². The highest BCUT2D eigenvalue weighted by Gasteiger charge is 2.23. The Balaban J connectivity index is 1.52. The molecule has 0 radical (unpaired) electrons. The third kappa shape index (κ3) is 5.47. The predicted octanol–water partition coefficient (Wildman–Crippen LogP) is 3.60. The van der Waals surface area contributed by atoms with Crippen molar-refractivity contribution in [3.8, 4) is 11.5 Å². The van der Waals surface area contributed by atoms with Gasteiger partial charge in [-0.2, -0.15) is 0 Å². The molecule has 3 N–H and O–H groups in total. The summed E-state index contributed by atoms with van der Waals surface area (Å²) in [6.07, 6.45) is 1.79. The van der Waals surface area contributed by atoms with Gasteiger partial charge in [-0.05, 0) is 69.4 Å². The third-order valence-electron chi connectivity index (χ3n) is 5.46. The topological polar surface area (TPSA) is 83.1 Å². The quantitative estimate of drug-likeness (QED) is 0.387. The maximum atomic E-state index is 5.74. The van der Waals surface area contributed by atoms with Gasteiger partial charge in [-0.25, -0.2) is 4.99 Å². The van der Waals surface area contributed by atoms with Crippen LogP contribution in [0.5, 0.6) is 11.5 Å². The lowest BCUT2D eigenvalue weighted by Gasteiger charge is -2.11. The van der Waals surface area contributed by atoms with Crippen LogP contribution < -0.4 is 20.3 Å². The zero-order chi connectivity index (χ0) is 23.2. The maximum absolute atomic E-state index is 5.74. The van der Waals surface area contributed by atoms with Crippen molar-refractivity contribution in [3.63, 3.8) is 0 Å². The monoisotopic (exact) mass is 451 g/mol. The molecule has 0 saturated heterocycles. The Kier molecular flexibility index (Phi) is 7.49. The number of nitrogens with one attached hydrogen (secondary N) is 3. The average molecular weight is 452 g/mol. The summed E-state index contributed by atoms with van der Waals surface area (Å²) in [4.78, 5) is 16.1. The van der Waals surface area contributed by atoms with Crippen LogP contribution >= 0.6 is 0 Å². The zero-order valence-electron chi connectivity index (χ0n) is 19.8. The summed E-state index contributed by atoms with van der Waals surface area (Å²) in [6, 6.07) is 12.1. The Morgan fingerprint density at radius 1 is 1.06 bits per heavy atom. The lowest BCUT2D eigenvalue weighted by Crippen LogP contribution is -2.26. The molecule has 0 aliphatic carbocycles. The van der Waals surface area contributed by atoms with Crippen molar-refractivity contribution in [2.45, 2.75) is 26.6 Å². The van der Waals surface area contributed by atoms with Gasteiger partial charge >= 0.3 is 0 Å². The minimum atomic E-state index is -0.282. The second-order valence-corrected chi connectivity index (χ2v) is 8.18. The fraction of sp³-hybridized carbons (Fsp3) is 0.400. The summed E-state index contributed by atoms with van der Waals surface area (Å²) >= 11 is 0. The van der Waals surface area contributed by atoms with Gasteiger partial charge in [0.1, 0.15) is 0 Å². The number of hydrogen-bond donors (Lipinski definition) is 3. The van der Waals surface area contributed by atoms with Gasteiger partial charge in [-0.3, -0.25) is 0 Å². The first-order chi connectivity index (χ1) is 16.1. The second-order valence-electron chi connectivity index (χ2n) is 8.18. The Hall–Kier alpha value is -3.07.